The first kappa shape index (κ1) is 14.9. The average Bonchev–Trinajstić information content (AvgIpc) is 2.28. The predicted molar refractivity (Wildman–Crippen MR) is 62.9 cm³/mol. The molecule has 8 heteroatoms. The number of sulfone groups is 1. The summed E-state index contributed by atoms with van der Waals surface area (Å²) in [5.74, 6) is -2.31. The van der Waals surface area contributed by atoms with Gasteiger partial charge in [-0.3, -0.25) is 4.79 Å². The maximum atomic E-state index is 11.8. The van der Waals surface area contributed by atoms with Gasteiger partial charge in [-0.25, -0.2) is 13.2 Å². The van der Waals surface area contributed by atoms with Crippen LogP contribution in [-0.2, 0) is 24.2 Å². The summed E-state index contributed by atoms with van der Waals surface area (Å²) in [5.41, 5.74) is 0. The molecule has 1 aliphatic heterocycles. The van der Waals surface area contributed by atoms with Crippen molar-refractivity contribution in [2.24, 2.45) is 0 Å². The first-order chi connectivity index (χ1) is 8.24. The highest BCUT2D eigenvalue weighted by Gasteiger charge is 2.31. The number of ether oxygens (including phenoxy) is 1. The van der Waals surface area contributed by atoms with Crippen molar-refractivity contribution in [2.45, 2.75) is 25.2 Å². The van der Waals surface area contributed by atoms with Crippen LogP contribution in [0.5, 0.6) is 0 Å². The molecule has 0 aromatic rings. The molecule has 1 atom stereocenters. The normalized spacial score (nSPS) is 21.1. The maximum Gasteiger partial charge on any atom is 0.334 e. The van der Waals surface area contributed by atoms with Gasteiger partial charge in [0.15, 0.2) is 15.9 Å². The molecule has 18 heavy (non-hydrogen) atoms. The smallest absolute Gasteiger partial charge is 0.334 e. The van der Waals surface area contributed by atoms with Gasteiger partial charge >= 0.3 is 5.97 Å². The second-order valence-corrected chi connectivity index (χ2v) is 6.95. The third-order valence-corrected chi connectivity index (χ3v) is 4.82. The molecular weight excluding hydrogens is 262 g/mol. The van der Waals surface area contributed by atoms with Gasteiger partial charge < -0.3 is 14.7 Å². The molecule has 0 radical (unpaired) electrons. The summed E-state index contributed by atoms with van der Waals surface area (Å²) < 4.78 is 28.2. The molecule has 0 aliphatic carbocycles. The lowest BCUT2D eigenvalue weighted by molar-refractivity contribution is -0.158. The Hall–Kier alpha value is -1.15. The van der Waals surface area contributed by atoms with Gasteiger partial charge in [-0.1, -0.05) is 0 Å². The maximum absolute atomic E-state index is 11.8. The molecule has 1 fully saturated rings. The number of carboxylic acids is 1. The van der Waals surface area contributed by atoms with Crippen LogP contribution in [0.4, 0.5) is 0 Å². The lowest BCUT2D eigenvalue weighted by Gasteiger charge is -2.31. The van der Waals surface area contributed by atoms with Crippen molar-refractivity contribution >= 4 is 21.7 Å². The first-order valence-corrected chi connectivity index (χ1v) is 7.29. The zero-order valence-corrected chi connectivity index (χ0v) is 11.1. The van der Waals surface area contributed by atoms with Crippen LogP contribution in [0.2, 0.25) is 0 Å². The van der Waals surface area contributed by atoms with E-state index >= 15 is 0 Å². The topological polar surface area (TPSA) is 101 Å². The van der Waals surface area contributed by atoms with E-state index in [4.69, 9.17) is 9.84 Å². The molecular formula is C10H17NO6S. The van der Waals surface area contributed by atoms with E-state index in [1.165, 1.54) is 18.7 Å². The molecule has 1 unspecified atom stereocenters. The van der Waals surface area contributed by atoms with Gasteiger partial charge in [-0.05, 0) is 13.8 Å². The van der Waals surface area contributed by atoms with Crippen molar-refractivity contribution < 1.29 is 27.9 Å². The van der Waals surface area contributed by atoms with E-state index in [-0.39, 0.29) is 19.7 Å². The predicted octanol–water partition coefficient (Wildman–Crippen LogP) is -0.878. The molecule has 0 bridgehead atoms. The summed E-state index contributed by atoms with van der Waals surface area (Å²) in [6, 6.07) is 0. The average molecular weight is 279 g/mol. The van der Waals surface area contributed by atoms with Gasteiger partial charge in [-0.15, -0.1) is 0 Å². The summed E-state index contributed by atoms with van der Waals surface area (Å²) in [5, 5.41) is 8.15. The third kappa shape index (κ3) is 3.67. The van der Waals surface area contributed by atoms with Gasteiger partial charge in [-0.2, -0.15) is 0 Å². The molecule has 1 saturated heterocycles. The molecule has 104 valence electrons. The van der Waals surface area contributed by atoms with E-state index in [0.717, 1.165) is 0 Å². The second-order valence-electron chi connectivity index (χ2n) is 4.39. The molecule has 1 aliphatic rings. The van der Waals surface area contributed by atoms with E-state index in [2.05, 4.69) is 0 Å². The van der Waals surface area contributed by atoms with Gasteiger partial charge in [0.2, 0.25) is 5.91 Å². The third-order valence-electron chi connectivity index (χ3n) is 2.74. The van der Waals surface area contributed by atoms with Gasteiger partial charge in [0, 0.05) is 6.54 Å². The first-order valence-electron chi connectivity index (χ1n) is 5.58. The monoisotopic (exact) mass is 279 g/mol. The number of carboxylic acid groups (broad SMARTS) is 1. The number of hydrogen-bond donors (Lipinski definition) is 1. The number of carbonyl (C=O) groups is 2. The summed E-state index contributed by atoms with van der Waals surface area (Å²) >= 11 is 0. The lowest BCUT2D eigenvalue weighted by atomic mass is 10.3. The fraction of sp³-hybridized carbons (Fsp3) is 0.800. The Labute approximate surface area is 106 Å². The van der Waals surface area contributed by atoms with Crippen molar-refractivity contribution in [1.29, 1.82) is 0 Å². The number of nitrogens with zero attached hydrogens (tertiary/aromatic N) is 1. The highest BCUT2D eigenvalue weighted by atomic mass is 32.2. The molecule has 0 spiro atoms. The van der Waals surface area contributed by atoms with E-state index in [0.29, 0.717) is 0 Å². The van der Waals surface area contributed by atoms with Crippen LogP contribution in [0.1, 0.15) is 13.8 Å². The minimum atomic E-state index is -3.46. The molecule has 7 nitrogen and oxygen atoms in total. The molecule has 0 saturated carbocycles. The number of morpholine rings is 1. The molecule has 1 heterocycles. The number of amides is 1. The molecule has 1 N–H and O–H groups in total. The Bertz CT molecular complexity index is 430. The minimum absolute atomic E-state index is 0.102. The van der Waals surface area contributed by atoms with Crippen LogP contribution in [-0.4, -0.2) is 67.1 Å². The summed E-state index contributed by atoms with van der Waals surface area (Å²) in [7, 11) is -3.46. The van der Waals surface area contributed by atoms with Crippen molar-refractivity contribution in [3.05, 3.63) is 0 Å². The summed E-state index contributed by atoms with van der Waals surface area (Å²) in [4.78, 5) is 23.7. The summed E-state index contributed by atoms with van der Waals surface area (Å²) in [6.07, 6.45) is -1.08. The van der Waals surface area contributed by atoms with Crippen LogP contribution < -0.4 is 0 Å². The van der Waals surface area contributed by atoms with Crippen LogP contribution in [0, 0.1) is 0 Å². The van der Waals surface area contributed by atoms with E-state index in [1.807, 2.05) is 0 Å². The number of hydrogen-bond acceptors (Lipinski definition) is 5. The second kappa shape index (κ2) is 5.66. The van der Waals surface area contributed by atoms with E-state index in [9.17, 15) is 18.0 Å². The van der Waals surface area contributed by atoms with Crippen molar-refractivity contribution in [2.75, 3.05) is 25.4 Å². The fourth-order valence-corrected chi connectivity index (χ4v) is 2.32. The number of rotatable bonds is 4. The molecule has 0 aromatic heterocycles. The standard InChI is InChI=1S/C10H17NO6S/c1-7(2)18(15,16)6-9(12)11-3-4-17-8(5-11)10(13)14/h7-8H,3-6H2,1-2H3,(H,13,14). The highest BCUT2D eigenvalue weighted by molar-refractivity contribution is 7.92. The van der Waals surface area contributed by atoms with Crippen LogP contribution in [0.15, 0.2) is 0 Å². The zero-order chi connectivity index (χ0) is 13.9. The highest BCUT2D eigenvalue weighted by Crippen LogP contribution is 2.08. The van der Waals surface area contributed by atoms with Crippen molar-refractivity contribution in [3.63, 3.8) is 0 Å². The number of carbonyl (C=O) groups excluding carboxylic acids is 1. The Morgan fingerprint density at radius 2 is 2.06 bits per heavy atom. The van der Waals surface area contributed by atoms with Crippen LogP contribution in [0.3, 0.4) is 0 Å². The quantitative estimate of drug-likeness (QED) is 0.717. The van der Waals surface area contributed by atoms with Crippen LogP contribution in [0.25, 0.3) is 0 Å². The van der Waals surface area contributed by atoms with Gasteiger partial charge in [0.05, 0.1) is 18.4 Å². The van der Waals surface area contributed by atoms with Gasteiger partial charge in [0.25, 0.3) is 0 Å². The Morgan fingerprint density at radius 3 is 2.56 bits per heavy atom. The van der Waals surface area contributed by atoms with Crippen molar-refractivity contribution in [1.82, 2.24) is 4.90 Å². The van der Waals surface area contributed by atoms with E-state index in [1.54, 1.807) is 0 Å². The Morgan fingerprint density at radius 1 is 1.44 bits per heavy atom. The van der Waals surface area contributed by atoms with Crippen LogP contribution >= 0.6 is 0 Å². The summed E-state index contributed by atoms with van der Waals surface area (Å²) in [6.45, 7) is 3.21. The van der Waals surface area contributed by atoms with Crippen molar-refractivity contribution in [3.8, 4) is 0 Å². The minimum Gasteiger partial charge on any atom is -0.479 e. The lowest BCUT2D eigenvalue weighted by Crippen LogP contribution is -2.50. The molecule has 0 aromatic carbocycles. The Kier molecular flexibility index (Phi) is 4.69. The SMILES string of the molecule is CC(C)S(=O)(=O)CC(=O)N1CCOC(C(=O)O)C1. The molecule has 1 amide bonds. The number of aliphatic carboxylic acids is 1. The van der Waals surface area contributed by atoms with E-state index < -0.39 is 38.8 Å². The Balaban J connectivity index is 2.65. The molecule has 1 rings (SSSR count). The van der Waals surface area contributed by atoms with Gasteiger partial charge in [0.1, 0.15) is 5.75 Å². The zero-order valence-electron chi connectivity index (χ0n) is 10.3. The fourth-order valence-electron chi connectivity index (χ4n) is 1.46. The largest absolute Gasteiger partial charge is 0.479 e.